The van der Waals surface area contributed by atoms with Crippen LogP contribution in [0.15, 0.2) is 69.6 Å². The molecule has 0 heterocycles. The molecule has 0 unspecified atom stereocenters. The number of esters is 1. The molecular weight excluding hydrogens is 590 g/mol. The van der Waals surface area contributed by atoms with Gasteiger partial charge in [0, 0.05) is 11.3 Å². The first-order chi connectivity index (χ1) is 17.4. The van der Waals surface area contributed by atoms with Crippen molar-refractivity contribution in [2.75, 3.05) is 18.5 Å². The standard InChI is InChI=1S/C28H29Br2NO5/c1-3-5-15-34-22-11-7-19(8-12-22)27(32)31-21-17-24(29)26(25(30)18-21)36-28(33)20-9-13-23(14-10-20)35-16-6-4-2/h7-14,17-18H,3-6,15-16H2,1-2H3,(H,31,32). The van der Waals surface area contributed by atoms with E-state index >= 15 is 0 Å². The lowest BCUT2D eigenvalue weighted by Crippen LogP contribution is -2.13. The summed E-state index contributed by atoms with van der Waals surface area (Å²) in [6, 6.07) is 17.2. The van der Waals surface area contributed by atoms with E-state index in [0.717, 1.165) is 31.4 Å². The highest BCUT2D eigenvalue weighted by atomic mass is 79.9. The van der Waals surface area contributed by atoms with Crippen LogP contribution in [-0.4, -0.2) is 25.1 Å². The summed E-state index contributed by atoms with van der Waals surface area (Å²) < 4.78 is 17.9. The van der Waals surface area contributed by atoms with Crippen LogP contribution < -0.4 is 19.5 Å². The number of anilines is 1. The predicted octanol–water partition coefficient (Wildman–Crippen LogP) is 8.04. The van der Waals surface area contributed by atoms with Gasteiger partial charge in [-0.25, -0.2) is 4.79 Å². The van der Waals surface area contributed by atoms with Crippen molar-refractivity contribution in [1.29, 1.82) is 0 Å². The van der Waals surface area contributed by atoms with Gasteiger partial charge in [-0.3, -0.25) is 4.79 Å². The van der Waals surface area contributed by atoms with Crippen LogP contribution in [0.2, 0.25) is 0 Å². The van der Waals surface area contributed by atoms with Gasteiger partial charge in [0.15, 0.2) is 5.75 Å². The minimum Gasteiger partial charge on any atom is -0.494 e. The number of benzene rings is 3. The highest BCUT2D eigenvalue weighted by Gasteiger charge is 2.16. The molecule has 3 aromatic carbocycles. The Hall–Kier alpha value is -2.84. The van der Waals surface area contributed by atoms with E-state index in [1.165, 1.54) is 0 Å². The van der Waals surface area contributed by atoms with Crippen molar-refractivity contribution in [3.8, 4) is 17.2 Å². The lowest BCUT2D eigenvalue weighted by Gasteiger charge is -2.12. The zero-order valence-electron chi connectivity index (χ0n) is 20.3. The molecule has 0 aliphatic rings. The average molecular weight is 619 g/mol. The third kappa shape index (κ3) is 8.10. The van der Waals surface area contributed by atoms with Gasteiger partial charge in [0.1, 0.15) is 11.5 Å². The fourth-order valence-electron chi connectivity index (χ4n) is 3.14. The molecule has 0 aliphatic heterocycles. The summed E-state index contributed by atoms with van der Waals surface area (Å²) in [5.74, 6) is 0.987. The van der Waals surface area contributed by atoms with Crippen molar-refractivity contribution >= 4 is 49.4 Å². The summed E-state index contributed by atoms with van der Waals surface area (Å²) in [5, 5.41) is 2.86. The van der Waals surface area contributed by atoms with Crippen LogP contribution in [0.1, 0.15) is 60.2 Å². The van der Waals surface area contributed by atoms with E-state index in [-0.39, 0.29) is 5.91 Å². The molecule has 0 fully saturated rings. The zero-order valence-corrected chi connectivity index (χ0v) is 23.5. The van der Waals surface area contributed by atoms with Crippen molar-refractivity contribution < 1.29 is 23.8 Å². The van der Waals surface area contributed by atoms with Crippen LogP contribution >= 0.6 is 31.9 Å². The summed E-state index contributed by atoms with van der Waals surface area (Å²) in [4.78, 5) is 25.4. The maximum Gasteiger partial charge on any atom is 0.343 e. The Balaban J connectivity index is 1.61. The number of amides is 1. The second-order valence-electron chi connectivity index (χ2n) is 8.07. The van der Waals surface area contributed by atoms with Crippen LogP contribution in [-0.2, 0) is 0 Å². The van der Waals surface area contributed by atoms with Gasteiger partial charge in [-0.1, -0.05) is 26.7 Å². The molecule has 36 heavy (non-hydrogen) atoms. The smallest absolute Gasteiger partial charge is 0.343 e. The molecule has 0 spiro atoms. The first-order valence-electron chi connectivity index (χ1n) is 11.9. The number of carbonyl (C=O) groups is 2. The number of rotatable bonds is 12. The molecule has 6 nitrogen and oxygen atoms in total. The summed E-state index contributed by atoms with van der Waals surface area (Å²) in [5.41, 5.74) is 1.44. The number of hydrogen-bond acceptors (Lipinski definition) is 5. The molecule has 1 amide bonds. The normalized spacial score (nSPS) is 10.6. The van der Waals surface area contributed by atoms with E-state index in [0.29, 0.717) is 50.5 Å². The van der Waals surface area contributed by atoms with Gasteiger partial charge in [0.2, 0.25) is 0 Å². The first-order valence-corrected chi connectivity index (χ1v) is 13.5. The molecule has 0 aromatic heterocycles. The highest BCUT2D eigenvalue weighted by Crippen LogP contribution is 2.37. The van der Waals surface area contributed by atoms with Crippen LogP contribution in [0.5, 0.6) is 17.2 Å². The maximum atomic E-state index is 12.7. The Morgan fingerprint density at radius 3 is 1.69 bits per heavy atom. The van der Waals surface area contributed by atoms with E-state index in [2.05, 4.69) is 51.0 Å². The number of ether oxygens (including phenoxy) is 3. The van der Waals surface area contributed by atoms with Gasteiger partial charge in [0.05, 0.1) is 27.7 Å². The average Bonchev–Trinajstić information content (AvgIpc) is 2.87. The van der Waals surface area contributed by atoms with Crippen molar-refractivity contribution in [3.05, 3.63) is 80.7 Å². The number of halogens is 2. The Morgan fingerprint density at radius 1 is 0.750 bits per heavy atom. The monoisotopic (exact) mass is 617 g/mol. The van der Waals surface area contributed by atoms with E-state index in [1.807, 2.05) is 0 Å². The summed E-state index contributed by atoms with van der Waals surface area (Å²) in [6.07, 6.45) is 4.07. The molecule has 0 bridgehead atoms. The quantitative estimate of drug-likeness (QED) is 0.126. The predicted molar refractivity (Wildman–Crippen MR) is 148 cm³/mol. The van der Waals surface area contributed by atoms with Gasteiger partial charge in [-0.05, 0) is 105 Å². The Labute approximate surface area is 228 Å². The number of carbonyl (C=O) groups excluding carboxylic acids is 2. The first kappa shape index (κ1) is 27.7. The molecule has 0 radical (unpaired) electrons. The molecule has 1 N–H and O–H groups in total. The largest absolute Gasteiger partial charge is 0.494 e. The van der Waals surface area contributed by atoms with Crippen LogP contribution in [0.25, 0.3) is 0 Å². The third-order valence-corrected chi connectivity index (χ3v) is 6.37. The van der Waals surface area contributed by atoms with Gasteiger partial charge in [0.25, 0.3) is 5.91 Å². The topological polar surface area (TPSA) is 73.9 Å². The van der Waals surface area contributed by atoms with E-state index < -0.39 is 5.97 Å². The number of nitrogens with one attached hydrogen (secondary N) is 1. The van der Waals surface area contributed by atoms with E-state index in [9.17, 15) is 9.59 Å². The summed E-state index contributed by atoms with van der Waals surface area (Å²) in [6.45, 7) is 5.50. The highest BCUT2D eigenvalue weighted by molar-refractivity contribution is 9.11. The molecule has 0 aliphatic carbocycles. The molecule has 3 aromatic rings. The van der Waals surface area contributed by atoms with Crippen molar-refractivity contribution in [2.24, 2.45) is 0 Å². The van der Waals surface area contributed by atoms with Crippen molar-refractivity contribution in [3.63, 3.8) is 0 Å². The molecule has 3 rings (SSSR count). The Bertz CT molecular complexity index is 1140. The molecular formula is C28H29Br2NO5. The van der Waals surface area contributed by atoms with Crippen molar-refractivity contribution in [2.45, 2.75) is 39.5 Å². The van der Waals surface area contributed by atoms with Crippen LogP contribution in [0, 0.1) is 0 Å². The number of hydrogen-bond donors (Lipinski definition) is 1. The van der Waals surface area contributed by atoms with Gasteiger partial charge >= 0.3 is 5.97 Å². The fourth-order valence-corrected chi connectivity index (χ4v) is 4.49. The number of unbranched alkanes of at least 4 members (excludes halogenated alkanes) is 2. The minimum absolute atomic E-state index is 0.264. The Morgan fingerprint density at radius 2 is 1.22 bits per heavy atom. The molecule has 0 atom stereocenters. The van der Waals surface area contributed by atoms with Crippen molar-refractivity contribution in [1.82, 2.24) is 0 Å². The maximum absolute atomic E-state index is 12.7. The molecule has 190 valence electrons. The lowest BCUT2D eigenvalue weighted by atomic mass is 10.2. The summed E-state index contributed by atoms with van der Waals surface area (Å²) >= 11 is 6.87. The van der Waals surface area contributed by atoms with Gasteiger partial charge < -0.3 is 19.5 Å². The SMILES string of the molecule is CCCCOc1ccc(C(=O)Nc2cc(Br)c(OC(=O)c3ccc(OCCCC)cc3)c(Br)c2)cc1. The lowest BCUT2D eigenvalue weighted by molar-refractivity contribution is 0.0732. The summed E-state index contributed by atoms with van der Waals surface area (Å²) in [7, 11) is 0. The van der Waals surface area contributed by atoms with Crippen LogP contribution in [0.3, 0.4) is 0 Å². The molecule has 0 saturated carbocycles. The second kappa shape index (κ2) is 14.0. The zero-order chi connectivity index (χ0) is 25.9. The molecule has 0 saturated heterocycles. The fraction of sp³-hybridized carbons (Fsp3) is 0.286. The van der Waals surface area contributed by atoms with E-state index in [1.54, 1.807) is 60.7 Å². The minimum atomic E-state index is -0.505. The van der Waals surface area contributed by atoms with E-state index in [4.69, 9.17) is 14.2 Å². The third-order valence-electron chi connectivity index (χ3n) is 5.19. The van der Waals surface area contributed by atoms with Gasteiger partial charge in [-0.15, -0.1) is 0 Å². The Kier molecular flexibility index (Phi) is 10.8. The van der Waals surface area contributed by atoms with Crippen LogP contribution in [0.4, 0.5) is 5.69 Å². The molecule has 8 heteroatoms. The second-order valence-corrected chi connectivity index (χ2v) is 9.77. The van der Waals surface area contributed by atoms with Gasteiger partial charge in [-0.2, -0.15) is 0 Å².